The van der Waals surface area contributed by atoms with Gasteiger partial charge in [0, 0.05) is 23.8 Å². The first-order valence-corrected chi connectivity index (χ1v) is 7.81. The number of allylic oxidation sites excluding steroid dienone is 1. The Bertz CT molecular complexity index is 911. The molecule has 23 heavy (non-hydrogen) atoms. The number of fused-ring (bicyclic) bond motifs is 1. The highest BCUT2D eigenvalue weighted by molar-refractivity contribution is 5.84. The van der Waals surface area contributed by atoms with E-state index >= 15 is 0 Å². The minimum atomic E-state index is 0.895. The molecule has 2 heterocycles. The Balaban J connectivity index is 1.90. The lowest BCUT2D eigenvalue weighted by atomic mass is 9.99. The molecule has 0 unspecified atom stereocenters. The van der Waals surface area contributed by atoms with Crippen LogP contribution in [0.25, 0.3) is 16.8 Å². The van der Waals surface area contributed by atoms with Crippen LogP contribution in [0.1, 0.15) is 22.5 Å². The van der Waals surface area contributed by atoms with Crippen LogP contribution in [0.4, 0.5) is 0 Å². The summed E-state index contributed by atoms with van der Waals surface area (Å²) in [4.78, 5) is 9.17. The van der Waals surface area contributed by atoms with E-state index in [2.05, 4.69) is 58.8 Å². The third kappa shape index (κ3) is 2.25. The van der Waals surface area contributed by atoms with E-state index < -0.39 is 0 Å². The van der Waals surface area contributed by atoms with Crippen LogP contribution in [0, 0.1) is 6.92 Å². The molecule has 0 saturated heterocycles. The molecule has 3 heteroatoms. The fraction of sp³-hybridized carbons (Fsp3) is 0.150. The molecule has 0 radical (unpaired) electrons. The van der Waals surface area contributed by atoms with E-state index in [9.17, 15) is 0 Å². The van der Waals surface area contributed by atoms with Crippen molar-refractivity contribution in [3.63, 3.8) is 0 Å². The zero-order valence-electron chi connectivity index (χ0n) is 13.3. The van der Waals surface area contributed by atoms with Crippen LogP contribution < -0.4 is 4.57 Å². The number of benzene rings is 1. The van der Waals surface area contributed by atoms with Gasteiger partial charge in [0.15, 0.2) is 5.69 Å². The number of pyridine rings is 1. The highest BCUT2D eigenvalue weighted by Crippen LogP contribution is 2.35. The smallest absolute Gasteiger partial charge is 0.256 e. The molecular formula is C20H18N3+. The van der Waals surface area contributed by atoms with Crippen LogP contribution in [-0.2, 0) is 13.5 Å². The van der Waals surface area contributed by atoms with Crippen LogP contribution in [0.2, 0.25) is 0 Å². The van der Waals surface area contributed by atoms with Gasteiger partial charge >= 0.3 is 0 Å². The van der Waals surface area contributed by atoms with Crippen molar-refractivity contribution in [3.8, 4) is 11.3 Å². The Morgan fingerprint density at radius 1 is 1.00 bits per heavy atom. The number of hydrogen-bond acceptors (Lipinski definition) is 2. The predicted molar refractivity (Wildman–Crippen MR) is 90.6 cm³/mol. The average molecular weight is 300 g/mol. The minimum Gasteiger partial charge on any atom is -0.256 e. The maximum atomic E-state index is 4.69. The molecule has 3 nitrogen and oxygen atoms in total. The summed E-state index contributed by atoms with van der Waals surface area (Å²) in [6, 6.07) is 14.5. The molecule has 0 saturated carbocycles. The van der Waals surface area contributed by atoms with Crippen molar-refractivity contribution in [2.45, 2.75) is 13.3 Å². The van der Waals surface area contributed by atoms with Gasteiger partial charge in [-0.2, -0.15) is 0 Å². The SMILES string of the molecule is Cc1ccccc1-c1c2c(nc[n+]1C)C(c1ccccn1)=CC2. The van der Waals surface area contributed by atoms with Gasteiger partial charge in [0.1, 0.15) is 5.69 Å². The fourth-order valence-corrected chi connectivity index (χ4v) is 3.27. The normalized spacial score (nSPS) is 12.9. The fourth-order valence-electron chi connectivity index (χ4n) is 3.27. The Hall–Kier alpha value is -2.81. The van der Waals surface area contributed by atoms with Crippen molar-refractivity contribution in [3.05, 3.63) is 83.6 Å². The van der Waals surface area contributed by atoms with Gasteiger partial charge in [-0.05, 0) is 29.6 Å². The zero-order chi connectivity index (χ0) is 15.8. The first-order valence-electron chi connectivity index (χ1n) is 7.81. The molecule has 0 aliphatic heterocycles. The quantitative estimate of drug-likeness (QED) is 0.680. The van der Waals surface area contributed by atoms with E-state index in [1.54, 1.807) is 0 Å². The molecule has 0 bridgehead atoms. The first-order chi connectivity index (χ1) is 11.3. The molecular weight excluding hydrogens is 282 g/mol. The van der Waals surface area contributed by atoms with E-state index in [4.69, 9.17) is 0 Å². The number of hydrogen-bond donors (Lipinski definition) is 0. The van der Waals surface area contributed by atoms with Gasteiger partial charge in [-0.1, -0.05) is 36.4 Å². The van der Waals surface area contributed by atoms with Crippen molar-refractivity contribution in [2.24, 2.45) is 7.05 Å². The third-order valence-corrected chi connectivity index (χ3v) is 4.39. The molecule has 0 atom stereocenters. The lowest BCUT2D eigenvalue weighted by molar-refractivity contribution is -0.663. The lowest BCUT2D eigenvalue weighted by Gasteiger charge is -2.10. The summed E-state index contributed by atoms with van der Waals surface area (Å²) in [6.07, 6.45) is 6.87. The van der Waals surface area contributed by atoms with Gasteiger partial charge < -0.3 is 0 Å². The maximum Gasteiger partial charge on any atom is 0.287 e. The highest BCUT2D eigenvalue weighted by atomic mass is 15.0. The van der Waals surface area contributed by atoms with Crippen LogP contribution in [0.15, 0.2) is 61.1 Å². The Kier molecular flexibility index (Phi) is 3.27. The summed E-state index contributed by atoms with van der Waals surface area (Å²) in [5.74, 6) is 0. The second-order valence-corrected chi connectivity index (χ2v) is 5.88. The molecule has 3 aromatic rings. The zero-order valence-corrected chi connectivity index (χ0v) is 13.3. The molecule has 0 spiro atoms. The van der Waals surface area contributed by atoms with Gasteiger partial charge in [-0.3, -0.25) is 4.98 Å². The van der Waals surface area contributed by atoms with Crippen LogP contribution in [-0.4, -0.2) is 9.97 Å². The largest absolute Gasteiger partial charge is 0.287 e. The summed E-state index contributed by atoms with van der Waals surface area (Å²) < 4.78 is 2.12. The monoisotopic (exact) mass is 300 g/mol. The van der Waals surface area contributed by atoms with Crippen LogP contribution in [0.3, 0.4) is 0 Å². The number of aromatic nitrogens is 3. The van der Waals surface area contributed by atoms with Crippen molar-refractivity contribution in [1.29, 1.82) is 0 Å². The van der Waals surface area contributed by atoms with Gasteiger partial charge in [0.25, 0.3) is 6.33 Å². The molecule has 0 amide bonds. The topological polar surface area (TPSA) is 29.7 Å². The Morgan fingerprint density at radius 2 is 1.83 bits per heavy atom. The summed E-state index contributed by atoms with van der Waals surface area (Å²) >= 11 is 0. The van der Waals surface area contributed by atoms with Crippen LogP contribution >= 0.6 is 0 Å². The number of nitrogens with zero attached hydrogens (tertiary/aromatic N) is 3. The maximum absolute atomic E-state index is 4.69. The van der Waals surface area contributed by atoms with Gasteiger partial charge in [0.2, 0.25) is 0 Å². The highest BCUT2D eigenvalue weighted by Gasteiger charge is 2.29. The first kappa shape index (κ1) is 13.8. The standard InChI is InChI=1S/C20H18N3/c1-14-7-3-4-8-15(14)20-17-11-10-16(18-9-5-6-12-21-18)19(17)22-13-23(20)2/h3-10,12-13H,11H2,1-2H3/q+1. The van der Waals surface area contributed by atoms with Crippen molar-refractivity contribution >= 4 is 5.57 Å². The molecule has 4 rings (SSSR count). The van der Waals surface area contributed by atoms with Gasteiger partial charge in [-0.25, -0.2) is 4.57 Å². The summed E-state index contributed by atoms with van der Waals surface area (Å²) in [6.45, 7) is 2.16. The minimum absolute atomic E-state index is 0.895. The van der Waals surface area contributed by atoms with Crippen molar-refractivity contribution in [1.82, 2.24) is 9.97 Å². The molecule has 1 aliphatic rings. The average Bonchev–Trinajstić information content (AvgIpc) is 3.00. The Morgan fingerprint density at radius 3 is 2.61 bits per heavy atom. The second-order valence-electron chi connectivity index (χ2n) is 5.88. The van der Waals surface area contributed by atoms with Crippen molar-refractivity contribution < 1.29 is 4.57 Å². The molecule has 1 aromatic carbocycles. The molecule has 0 fully saturated rings. The van der Waals surface area contributed by atoms with E-state index in [1.807, 2.05) is 30.7 Å². The van der Waals surface area contributed by atoms with E-state index in [0.29, 0.717) is 0 Å². The molecule has 1 aliphatic carbocycles. The number of rotatable bonds is 2. The summed E-state index contributed by atoms with van der Waals surface area (Å²) in [5, 5.41) is 0. The van der Waals surface area contributed by atoms with E-state index in [-0.39, 0.29) is 0 Å². The molecule has 0 N–H and O–H groups in total. The Labute approximate surface area is 136 Å². The van der Waals surface area contributed by atoms with E-state index in [1.165, 1.54) is 22.4 Å². The second kappa shape index (κ2) is 5.43. The predicted octanol–water partition coefficient (Wildman–Crippen LogP) is 3.26. The molecule has 2 aromatic heterocycles. The number of aryl methyl sites for hydroxylation is 2. The van der Waals surface area contributed by atoms with Gasteiger partial charge in [-0.15, -0.1) is 0 Å². The third-order valence-electron chi connectivity index (χ3n) is 4.39. The lowest BCUT2D eigenvalue weighted by Crippen LogP contribution is -2.33. The summed E-state index contributed by atoms with van der Waals surface area (Å²) in [7, 11) is 2.06. The van der Waals surface area contributed by atoms with Gasteiger partial charge in [0.05, 0.1) is 18.3 Å². The molecule has 112 valence electrons. The van der Waals surface area contributed by atoms with Crippen molar-refractivity contribution in [2.75, 3.05) is 0 Å². The van der Waals surface area contributed by atoms with Crippen LogP contribution in [0.5, 0.6) is 0 Å². The summed E-state index contributed by atoms with van der Waals surface area (Å²) in [5.41, 5.74) is 8.26. The van der Waals surface area contributed by atoms with E-state index in [0.717, 1.165) is 23.4 Å².